The Bertz CT molecular complexity index is 238. The number of hydrogen-bond acceptors (Lipinski definition) is 2. The predicted molar refractivity (Wildman–Crippen MR) is 53.6 cm³/mol. The lowest BCUT2D eigenvalue weighted by molar-refractivity contribution is -0.133. The fourth-order valence-electron chi connectivity index (χ4n) is 1.43. The lowest BCUT2D eigenvalue weighted by Crippen LogP contribution is -2.47. The fraction of sp³-hybridized carbons (Fsp3) is 0.800. The van der Waals surface area contributed by atoms with E-state index >= 15 is 0 Å². The minimum Gasteiger partial charge on any atom is -0.353 e. The molecule has 0 radical (unpaired) electrons. The summed E-state index contributed by atoms with van der Waals surface area (Å²) in [4.78, 5) is 24.4. The zero-order chi connectivity index (χ0) is 10.7. The van der Waals surface area contributed by atoms with Gasteiger partial charge < -0.3 is 10.2 Å². The molecule has 1 atom stereocenters. The molecular formula is C10H18N2O2. The molecule has 0 aromatic heterocycles. The molecule has 0 aromatic carbocycles. The Labute approximate surface area is 84.7 Å². The van der Waals surface area contributed by atoms with Gasteiger partial charge in [0, 0.05) is 32.0 Å². The van der Waals surface area contributed by atoms with Gasteiger partial charge >= 0.3 is 0 Å². The van der Waals surface area contributed by atoms with Gasteiger partial charge in [0.1, 0.15) is 0 Å². The highest BCUT2D eigenvalue weighted by molar-refractivity contribution is 5.81. The zero-order valence-corrected chi connectivity index (χ0v) is 9.04. The van der Waals surface area contributed by atoms with Gasteiger partial charge in [-0.25, -0.2) is 0 Å². The molecule has 1 aliphatic rings. The smallest absolute Gasteiger partial charge is 0.224 e. The van der Waals surface area contributed by atoms with Gasteiger partial charge in [-0.2, -0.15) is 0 Å². The number of piperidine rings is 1. The number of likely N-dealkylation sites (tertiary alicyclic amines) is 1. The first kappa shape index (κ1) is 11.0. The molecule has 0 aromatic rings. The number of rotatable bonds is 2. The van der Waals surface area contributed by atoms with Gasteiger partial charge in [0.05, 0.1) is 0 Å². The van der Waals surface area contributed by atoms with E-state index in [4.69, 9.17) is 0 Å². The maximum atomic E-state index is 11.4. The number of nitrogens with one attached hydrogen (secondary N) is 1. The van der Waals surface area contributed by atoms with Gasteiger partial charge in [-0.05, 0) is 6.42 Å². The largest absolute Gasteiger partial charge is 0.353 e. The third-order valence-corrected chi connectivity index (χ3v) is 2.53. The van der Waals surface area contributed by atoms with Crippen molar-refractivity contribution in [3.63, 3.8) is 0 Å². The SMILES string of the molecule is CC(C)C(=O)NC1CCN(C)C(=O)C1. The summed E-state index contributed by atoms with van der Waals surface area (Å²) in [5, 5.41) is 2.88. The first-order valence-electron chi connectivity index (χ1n) is 5.05. The van der Waals surface area contributed by atoms with Crippen molar-refractivity contribution in [1.82, 2.24) is 10.2 Å². The summed E-state index contributed by atoms with van der Waals surface area (Å²) < 4.78 is 0. The predicted octanol–water partition coefficient (Wildman–Crippen LogP) is 0.379. The monoisotopic (exact) mass is 198 g/mol. The molecule has 4 heteroatoms. The van der Waals surface area contributed by atoms with Crippen LogP contribution in [0.2, 0.25) is 0 Å². The standard InChI is InChI=1S/C10H18N2O2/c1-7(2)10(14)11-8-4-5-12(3)9(13)6-8/h7-8H,4-6H2,1-3H3,(H,11,14). The molecule has 0 spiro atoms. The van der Waals surface area contributed by atoms with Crippen LogP contribution in [0, 0.1) is 5.92 Å². The highest BCUT2D eigenvalue weighted by Gasteiger charge is 2.24. The van der Waals surface area contributed by atoms with Crippen LogP contribution in [0.1, 0.15) is 26.7 Å². The number of hydrogen-bond donors (Lipinski definition) is 1. The second-order valence-corrected chi connectivity index (χ2v) is 4.17. The van der Waals surface area contributed by atoms with E-state index in [-0.39, 0.29) is 23.8 Å². The topological polar surface area (TPSA) is 49.4 Å². The molecule has 0 saturated carbocycles. The van der Waals surface area contributed by atoms with Crippen LogP contribution in [0.15, 0.2) is 0 Å². The molecule has 1 fully saturated rings. The van der Waals surface area contributed by atoms with Crippen molar-refractivity contribution in [2.24, 2.45) is 5.92 Å². The highest BCUT2D eigenvalue weighted by atomic mass is 16.2. The Morgan fingerprint density at radius 3 is 2.71 bits per heavy atom. The molecule has 1 N–H and O–H groups in total. The molecule has 1 unspecified atom stereocenters. The van der Waals surface area contributed by atoms with E-state index in [9.17, 15) is 9.59 Å². The molecule has 80 valence electrons. The Hall–Kier alpha value is -1.06. The van der Waals surface area contributed by atoms with E-state index in [1.165, 1.54) is 0 Å². The van der Waals surface area contributed by atoms with Crippen LogP contribution in [-0.2, 0) is 9.59 Å². The van der Waals surface area contributed by atoms with Crippen molar-refractivity contribution < 1.29 is 9.59 Å². The van der Waals surface area contributed by atoms with Gasteiger partial charge in [-0.3, -0.25) is 9.59 Å². The third-order valence-electron chi connectivity index (χ3n) is 2.53. The molecule has 0 bridgehead atoms. The maximum absolute atomic E-state index is 11.4. The molecule has 1 saturated heterocycles. The summed E-state index contributed by atoms with van der Waals surface area (Å²) in [6.07, 6.45) is 1.30. The first-order valence-corrected chi connectivity index (χ1v) is 5.05. The molecular weight excluding hydrogens is 180 g/mol. The Balaban J connectivity index is 2.40. The average Bonchev–Trinajstić information content (AvgIpc) is 2.11. The first-order chi connectivity index (χ1) is 6.50. The van der Waals surface area contributed by atoms with Gasteiger partial charge in [0.2, 0.25) is 11.8 Å². The normalized spacial score (nSPS) is 22.7. The molecule has 1 rings (SSSR count). The molecule has 1 heterocycles. The van der Waals surface area contributed by atoms with Crippen LogP contribution in [-0.4, -0.2) is 36.3 Å². The van der Waals surface area contributed by atoms with Gasteiger partial charge in [-0.15, -0.1) is 0 Å². The Kier molecular flexibility index (Phi) is 3.49. The maximum Gasteiger partial charge on any atom is 0.224 e. The van der Waals surface area contributed by atoms with E-state index < -0.39 is 0 Å². The van der Waals surface area contributed by atoms with Crippen LogP contribution in [0.3, 0.4) is 0 Å². The second kappa shape index (κ2) is 4.44. The van der Waals surface area contributed by atoms with E-state index in [2.05, 4.69) is 5.32 Å². The lowest BCUT2D eigenvalue weighted by Gasteiger charge is -2.29. The number of amides is 2. The average molecular weight is 198 g/mol. The number of nitrogens with zero attached hydrogens (tertiary/aromatic N) is 1. The van der Waals surface area contributed by atoms with E-state index in [0.717, 1.165) is 13.0 Å². The van der Waals surface area contributed by atoms with Crippen molar-refractivity contribution in [3.05, 3.63) is 0 Å². The summed E-state index contributed by atoms with van der Waals surface area (Å²) in [5.41, 5.74) is 0. The summed E-state index contributed by atoms with van der Waals surface area (Å²) in [6.45, 7) is 4.44. The molecule has 14 heavy (non-hydrogen) atoms. The van der Waals surface area contributed by atoms with Gasteiger partial charge in [-0.1, -0.05) is 13.8 Å². The van der Waals surface area contributed by atoms with Gasteiger partial charge in [0.25, 0.3) is 0 Å². The van der Waals surface area contributed by atoms with Crippen molar-refractivity contribution in [2.45, 2.75) is 32.7 Å². The van der Waals surface area contributed by atoms with E-state index in [1.807, 2.05) is 13.8 Å². The van der Waals surface area contributed by atoms with Crippen molar-refractivity contribution in [1.29, 1.82) is 0 Å². The fourth-order valence-corrected chi connectivity index (χ4v) is 1.43. The minimum atomic E-state index is -0.00948. The van der Waals surface area contributed by atoms with Crippen molar-refractivity contribution in [3.8, 4) is 0 Å². The minimum absolute atomic E-state index is 0.00948. The summed E-state index contributed by atoms with van der Waals surface area (Å²) in [6, 6.07) is 0.0357. The molecule has 1 aliphatic heterocycles. The summed E-state index contributed by atoms with van der Waals surface area (Å²) in [5.74, 6) is 0.141. The molecule has 0 aliphatic carbocycles. The number of carbonyl (C=O) groups is 2. The van der Waals surface area contributed by atoms with Crippen LogP contribution in [0.25, 0.3) is 0 Å². The quantitative estimate of drug-likeness (QED) is 0.697. The summed E-state index contributed by atoms with van der Waals surface area (Å²) >= 11 is 0. The number of carbonyl (C=O) groups excluding carboxylic acids is 2. The second-order valence-electron chi connectivity index (χ2n) is 4.17. The van der Waals surface area contributed by atoms with Crippen LogP contribution >= 0.6 is 0 Å². The molecule has 2 amide bonds. The molecule has 4 nitrogen and oxygen atoms in total. The Morgan fingerprint density at radius 1 is 1.57 bits per heavy atom. The third kappa shape index (κ3) is 2.72. The zero-order valence-electron chi connectivity index (χ0n) is 9.04. The van der Waals surface area contributed by atoms with E-state index in [1.54, 1.807) is 11.9 Å². The van der Waals surface area contributed by atoms with Crippen LogP contribution < -0.4 is 5.32 Å². The Morgan fingerprint density at radius 2 is 2.21 bits per heavy atom. The van der Waals surface area contributed by atoms with Crippen molar-refractivity contribution >= 4 is 11.8 Å². The van der Waals surface area contributed by atoms with Crippen LogP contribution in [0.4, 0.5) is 0 Å². The van der Waals surface area contributed by atoms with E-state index in [0.29, 0.717) is 6.42 Å². The van der Waals surface area contributed by atoms with Crippen LogP contribution in [0.5, 0.6) is 0 Å². The van der Waals surface area contributed by atoms with Crippen molar-refractivity contribution in [2.75, 3.05) is 13.6 Å². The highest BCUT2D eigenvalue weighted by Crippen LogP contribution is 2.10. The lowest BCUT2D eigenvalue weighted by atomic mass is 10.0. The summed E-state index contributed by atoms with van der Waals surface area (Å²) in [7, 11) is 1.79. The van der Waals surface area contributed by atoms with Gasteiger partial charge in [0.15, 0.2) is 0 Å².